The van der Waals surface area contributed by atoms with Crippen molar-refractivity contribution in [1.82, 2.24) is 9.88 Å². The average molecular weight is 552 g/mol. The summed E-state index contributed by atoms with van der Waals surface area (Å²) in [6.07, 6.45) is -1.91. The smallest absolute Gasteiger partial charge is 0.416 e. The average Bonchev–Trinajstić information content (AvgIpc) is 3.04. The van der Waals surface area contributed by atoms with E-state index in [1.807, 2.05) is 33.8 Å². The normalized spacial score (nSPS) is 19.9. The van der Waals surface area contributed by atoms with Crippen molar-refractivity contribution < 1.29 is 22.7 Å². The van der Waals surface area contributed by atoms with Gasteiger partial charge in [0.05, 0.1) is 21.9 Å². The third kappa shape index (κ3) is 5.98. The van der Waals surface area contributed by atoms with Crippen LogP contribution in [-0.4, -0.2) is 57.6 Å². The van der Waals surface area contributed by atoms with E-state index in [2.05, 4.69) is 42.5 Å². The fourth-order valence-electron chi connectivity index (χ4n) is 4.95. The molecule has 2 aliphatic rings. The van der Waals surface area contributed by atoms with Gasteiger partial charge in [-0.3, -0.25) is 14.7 Å². The zero-order valence-corrected chi connectivity index (χ0v) is 24.5. The fraction of sp³-hybridized carbons (Fsp3) is 0.586. The largest absolute Gasteiger partial charge is 0.489 e. The van der Waals surface area contributed by atoms with Gasteiger partial charge in [-0.15, -0.1) is 0 Å². The van der Waals surface area contributed by atoms with Crippen LogP contribution >= 0.6 is 11.8 Å². The second kappa shape index (κ2) is 11.5. The highest BCUT2D eigenvalue weighted by Gasteiger charge is 2.46. The third-order valence-corrected chi connectivity index (χ3v) is 8.93. The summed E-state index contributed by atoms with van der Waals surface area (Å²) in [5, 5.41) is 0.801. The predicted octanol–water partition coefficient (Wildman–Crippen LogP) is 7.30. The number of fused-ring (bicyclic) bond motifs is 1. The predicted molar refractivity (Wildman–Crippen MR) is 150 cm³/mol. The molecule has 1 atom stereocenters. The van der Waals surface area contributed by atoms with Gasteiger partial charge in [0.25, 0.3) is 0 Å². The lowest BCUT2D eigenvalue weighted by Gasteiger charge is -2.49. The van der Waals surface area contributed by atoms with Crippen molar-refractivity contribution in [3.8, 4) is 0 Å². The maximum atomic E-state index is 13.2. The Morgan fingerprint density at radius 3 is 2.32 bits per heavy atom. The zero-order valence-electron chi connectivity index (χ0n) is 23.7. The van der Waals surface area contributed by atoms with Gasteiger partial charge in [-0.05, 0) is 66.2 Å². The highest BCUT2D eigenvalue weighted by atomic mass is 32.2. The summed E-state index contributed by atoms with van der Waals surface area (Å²) in [6, 6.07) is 5.66. The van der Waals surface area contributed by atoms with Crippen molar-refractivity contribution in [1.29, 1.82) is 0 Å². The van der Waals surface area contributed by atoms with E-state index < -0.39 is 17.3 Å². The summed E-state index contributed by atoms with van der Waals surface area (Å²) in [5.74, 6) is 0.765. The molecule has 3 heterocycles. The summed E-state index contributed by atoms with van der Waals surface area (Å²) in [4.78, 5) is 21.0. The van der Waals surface area contributed by atoms with Crippen molar-refractivity contribution in [3.63, 3.8) is 0 Å². The maximum Gasteiger partial charge on any atom is 0.416 e. The number of hydrogen-bond acceptors (Lipinski definition) is 6. The zero-order chi connectivity index (χ0) is 28.5. The molecule has 2 aliphatic heterocycles. The molecular formula is C29H40F3N3O2S. The Balaban J connectivity index is 0.00000195. The van der Waals surface area contributed by atoms with E-state index in [-0.39, 0.29) is 15.9 Å². The minimum atomic E-state index is -4.40. The minimum Gasteiger partial charge on any atom is -0.489 e. The lowest BCUT2D eigenvalue weighted by atomic mass is 9.83. The number of carbonyl (C=O) groups excluding carboxylic acids is 1. The molecule has 0 bridgehead atoms. The Labute approximate surface area is 228 Å². The van der Waals surface area contributed by atoms with Gasteiger partial charge in [0.15, 0.2) is 0 Å². The van der Waals surface area contributed by atoms with Crippen LogP contribution in [0.4, 0.5) is 18.9 Å². The molecule has 0 aliphatic carbocycles. The van der Waals surface area contributed by atoms with E-state index in [1.54, 1.807) is 6.20 Å². The summed E-state index contributed by atoms with van der Waals surface area (Å²) in [6.45, 7) is 19.5. The van der Waals surface area contributed by atoms with Crippen LogP contribution in [0.15, 0.2) is 41.8 Å². The fourth-order valence-corrected chi connectivity index (χ4v) is 5.88. The monoisotopic (exact) mass is 551 g/mol. The van der Waals surface area contributed by atoms with Crippen molar-refractivity contribution in [3.05, 3.63) is 47.4 Å². The van der Waals surface area contributed by atoms with Crippen molar-refractivity contribution in [2.24, 2.45) is 0 Å². The highest BCUT2D eigenvalue weighted by molar-refractivity contribution is 8.15. The lowest BCUT2D eigenvalue weighted by Crippen LogP contribution is -2.60. The third-order valence-electron chi connectivity index (χ3n) is 7.84. The molecule has 210 valence electrons. The molecule has 0 spiro atoms. The number of hydrogen-bond donors (Lipinski definition) is 0. The van der Waals surface area contributed by atoms with Crippen LogP contribution in [0.2, 0.25) is 0 Å². The summed E-state index contributed by atoms with van der Waals surface area (Å²) >= 11 is 1.30. The molecule has 1 aromatic carbocycles. The molecule has 0 saturated carbocycles. The molecule has 5 nitrogen and oxygen atoms in total. The highest BCUT2D eigenvalue weighted by Crippen LogP contribution is 2.41. The number of alkyl halides is 3. The molecular weight excluding hydrogens is 511 g/mol. The van der Waals surface area contributed by atoms with Crippen LogP contribution in [0.1, 0.15) is 67.4 Å². The number of ether oxygens (including phenoxy) is 1. The van der Waals surface area contributed by atoms with Crippen molar-refractivity contribution >= 4 is 33.5 Å². The van der Waals surface area contributed by atoms with Gasteiger partial charge < -0.3 is 9.64 Å². The summed E-state index contributed by atoms with van der Waals surface area (Å²) < 4.78 is 46.1. The number of pyridine rings is 1. The molecule has 1 fully saturated rings. The van der Waals surface area contributed by atoms with E-state index in [1.165, 1.54) is 17.8 Å². The van der Waals surface area contributed by atoms with Gasteiger partial charge in [0.1, 0.15) is 11.4 Å². The van der Waals surface area contributed by atoms with Gasteiger partial charge in [-0.25, -0.2) is 0 Å². The molecule has 0 amide bonds. The van der Waals surface area contributed by atoms with Gasteiger partial charge in [0.2, 0.25) is 5.12 Å². The van der Waals surface area contributed by atoms with E-state index in [9.17, 15) is 18.0 Å². The number of aromatic nitrogens is 1. The van der Waals surface area contributed by atoms with Crippen LogP contribution in [0, 0.1) is 0 Å². The molecule has 2 aromatic rings. The number of rotatable bonds is 5. The summed E-state index contributed by atoms with van der Waals surface area (Å²) in [7, 11) is 0. The van der Waals surface area contributed by atoms with Crippen LogP contribution in [-0.2, 0) is 15.7 Å². The van der Waals surface area contributed by atoms with Gasteiger partial charge in [0, 0.05) is 49.0 Å². The molecule has 1 saturated heterocycles. The second-order valence-electron chi connectivity index (χ2n) is 10.6. The van der Waals surface area contributed by atoms with Crippen LogP contribution in [0.25, 0.3) is 10.9 Å². The molecule has 4 rings (SSSR count). The minimum absolute atomic E-state index is 0.00466. The number of thioether (sulfide) groups is 1. The quantitative estimate of drug-likeness (QED) is 0.389. The Morgan fingerprint density at radius 1 is 1.03 bits per heavy atom. The maximum absolute atomic E-state index is 13.2. The number of benzene rings is 1. The topological polar surface area (TPSA) is 45.7 Å². The van der Waals surface area contributed by atoms with E-state index in [4.69, 9.17) is 4.74 Å². The van der Waals surface area contributed by atoms with Crippen LogP contribution < -0.4 is 4.90 Å². The SMILES string of the molecule is CC.CC1=C(OC(C)(C)C(C)(C)N2CCCN(c3ccnc4cc(C(F)(F)F)ccc34)CC2)C(C)SC1=O. The van der Waals surface area contributed by atoms with Crippen molar-refractivity contribution in [2.75, 3.05) is 31.1 Å². The van der Waals surface area contributed by atoms with Crippen LogP contribution in [0.3, 0.4) is 0 Å². The number of halogens is 3. The Kier molecular flexibility index (Phi) is 9.13. The first-order chi connectivity index (χ1) is 17.7. The molecule has 1 unspecified atom stereocenters. The molecule has 9 heteroatoms. The molecule has 0 radical (unpaired) electrons. The first-order valence-electron chi connectivity index (χ1n) is 13.3. The molecule has 38 heavy (non-hydrogen) atoms. The number of nitrogens with zero attached hydrogens (tertiary/aromatic N) is 3. The Morgan fingerprint density at radius 2 is 1.71 bits per heavy atom. The standard InChI is InChI=1S/C27H34F3N3O2S.C2H6/c1-17-23(18(2)36-24(17)34)35-26(5,6)25(3,4)33-13-7-12-32(14-15-33)22-10-11-31-21-16-19(27(28,29)30)8-9-20(21)22;1-2/h8-11,16,18H,7,12-15H2,1-6H3;1-2H3. The Bertz CT molecular complexity index is 1190. The van der Waals surface area contributed by atoms with Gasteiger partial charge in [-0.2, -0.15) is 13.2 Å². The molecule has 0 N–H and O–H groups in total. The summed E-state index contributed by atoms with van der Waals surface area (Å²) in [5.41, 5.74) is 0.355. The Hall–Kier alpha value is -2.26. The van der Waals surface area contributed by atoms with E-state index >= 15 is 0 Å². The number of carbonyl (C=O) groups is 1. The molecule has 1 aromatic heterocycles. The lowest BCUT2D eigenvalue weighted by molar-refractivity contribution is -0.137. The van der Waals surface area contributed by atoms with E-state index in [0.717, 1.165) is 61.6 Å². The first-order valence-corrected chi connectivity index (χ1v) is 14.2. The number of anilines is 1. The van der Waals surface area contributed by atoms with E-state index in [0.29, 0.717) is 11.1 Å². The van der Waals surface area contributed by atoms with Gasteiger partial charge in [-0.1, -0.05) is 31.7 Å². The van der Waals surface area contributed by atoms with Crippen LogP contribution in [0.5, 0.6) is 0 Å². The first kappa shape index (κ1) is 30.3. The second-order valence-corrected chi connectivity index (χ2v) is 11.9. The van der Waals surface area contributed by atoms with Gasteiger partial charge >= 0.3 is 6.18 Å². The van der Waals surface area contributed by atoms with Crippen molar-refractivity contribution in [2.45, 2.75) is 84.4 Å².